The lowest BCUT2D eigenvalue weighted by atomic mass is 10.1. The zero-order chi connectivity index (χ0) is 13.7. The molecular formula is C13H26N4O. The highest BCUT2D eigenvalue weighted by Crippen LogP contribution is 2.17. The van der Waals surface area contributed by atoms with Gasteiger partial charge in [-0.15, -0.1) is 0 Å². The van der Waals surface area contributed by atoms with E-state index in [1.807, 2.05) is 12.5 Å². The van der Waals surface area contributed by atoms with Crippen LogP contribution in [0.25, 0.3) is 0 Å². The van der Waals surface area contributed by atoms with E-state index in [0.717, 1.165) is 5.69 Å². The van der Waals surface area contributed by atoms with Crippen LogP contribution in [0.5, 0.6) is 0 Å². The van der Waals surface area contributed by atoms with Crippen LogP contribution in [0.4, 0.5) is 0 Å². The molecule has 0 spiro atoms. The Labute approximate surface area is 109 Å². The average Bonchev–Trinajstić information content (AvgIpc) is 2.73. The van der Waals surface area contributed by atoms with E-state index in [4.69, 9.17) is 5.73 Å². The van der Waals surface area contributed by atoms with E-state index in [9.17, 15) is 5.11 Å². The molecule has 0 aromatic carbocycles. The van der Waals surface area contributed by atoms with E-state index >= 15 is 0 Å². The second-order valence-electron chi connectivity index (χ2n) is 5.26. The number of aliphatic hydroxyl groups is 1. The van der Waals surface area contributed by atoms with Crippen LogP contribution in [0.15, 0.2) is 12.5 Å². The Morgan fingerprint density at radius 1 is 1.39 bits per heavy atom. The van der Waals surface area contributed by atoms with Gasteiger partial charge >= 0.3 is 0 Å². The summed E-state index contributed by atoms with van der Waals surface area (Å²) < 4.78 is 2.12. The Morgan fingerprint density at radius 2 is 2.06 bits per heavy atom. The quantitative estimate of drug-likeness (QED) is 0.683. The lowest BCUT2D eigenvalue weighted by molar-refractivity contribution is 0.167. The lowest BCUT2D eigenvalue weighted by Gasteiger charge is -2.25. The smallest absolute Gasteiger partial charge is 0.0951 e. The maximum absolute atomic E-state index is 9.39. The van der Waals surface area contributed by atoms with Gasteiger partial charge in [0.15, 0.2) is 0 Å². The summed E-state index contributed by atoms with van der Waals surface area (Å²) in [5.41, 5.74) is 6.95. The van der Waals surface area contributed by atoms with Crippen molar-refractivity contribution in [2.45, 2.75) is 58.3 Å². The summed E-state index contributed by atoms with van der Waals surface area (Å²) in [6, 6.07) is 0.656. The molecular weight excluding hydrogens is 228 g/mol. The first-order valence-corrected chi connectivity index (χ1v) is 6.61. The van der Waals surface area contributed by atoms with E-state index in [2.05, 4.69) is 35.6 Å². The lowest BCUT2D eigenvalue weighted by Crippen LogP contribution is -2.37. The van der Waals surface area contributed by atoms with Crippen LogP contribution in [-0.2, 0) is 0 Å². The fraction of sp³-hybridized carbons (Fsp3) is 0.769. The number of rotatable bonds is 7. The molecule has 0 aliphatic heterocycles. The first-order chi connectivity index (χ1) is 8.45. The van der Waals surface area contributed by atoms with Crippen LogP contribution < -0.4 is 11.1 Å². The molecule has 1 aromatic heterocycles. The van der Waals surface area contributed by atoms with E-state index < -0.39 is 0 Å². The number of nitrogens with two attached hydrogens (primary N) is 1. The molecule has 0 radical (unpaired) electrons. The van der Waals surface area contributed by atoms with Gasteiger partial charge in [0.05, 0.1) is 24.2 Å². The van der Waals surface area contributed by atoms with Gasteiger partial charge in [-0.3, -0.25) is 0 Å². The number of hydrogen-bond donors (Lipinski definition) is 3. The molecule has 4 N–H and O–H groups in total. The summed E-state index contributed by atoms with van der Waals surface area (Å²) in [5, 5.41) is 12.8. The molecule has 0 amide bonds. The van der Waals surface area contributed by atoms with E-state index in [-0.39, 0.29) is 18.2 Å². The van der Waals surface area contributed by atoms with Gasteiger partial charge in [-0.05, 0) is 34.1 Å². The van der Waals surface area contributed by atoms with Gasteiger partial charge in [-0.25, -0.2) is 4.98 Å². The van der Waals surface area contributed by atoms with Gasteiger partial charge < -0.3 is 20.7 Å². The topological polar surface area (TPSA) is 76.1 Å². The van der Waals surface area contributed by atoms with Gasteiger partial charge in [0.25, 0.3) is 0 Å². The number of imidazole rings is 1. The maximum Gasteiger partial charge on any atom is 0.0951 e. The van der Waals surface area contributed by atoms with E-state index in [1.54, 1.807) is 6.92 Å². The van der Waals surface area contributed by atoms with Crippen molar-refractivity contribution in [3.8, 4) is 0 Å². The fourth-order valence-electron chi connectivity index (χ4n) is 2.21. The predicted molar refractivity (Wildman–Crippen MR) is 73.3 cm³/mol. The SMILES string of the molecule is CC(O)CC(C)NC(CN)c1cncn1C(C)C. The van der Waals surface area contributed by atoms with Crippen molar-refractivity contribution >= 4 is 0 Å². The van der Waals surface area contributed by atoms with Crippen molar-refractivity contribution in [2.75, 3.05) is 6.54 Å². The normalized spacial score (nSPS) is 16.8. The van der Waals surface area contributed by atoms with Crippen molar-refractivity contribution in [1.29, 1.82) is 0 Å². The third-order valence-corrected chi connectivity index (χ3v) is 3.03. The minimum atomic E-state index is -0.305. The summed E-state index contributed by atoms with van der Waals surface area (Å²) in [4.78, 5) is 4.20. The molecule has 0 saturated heterocycles. The standard InChI is InChI=1S/C13H26N4O/c1-9(2)17-8-15-7-13(17)12(6-14)16-10(3)5-11(4)18/h7-12,16,18H,5-6,14H2,1-4H3. The molecule has 1 heterocycles. The highest BCUT2D eigenvalue weighted by atomic mass is 16.3. The van der Waals surface area contributed by atoms with E-state index in [0.29, 0.717) is 19.0 Å². The van der Waals surface area contributed by atoms with Crippen LogP contribution in [0.3, 0.4) is 0 Å². The van der Waals surface area contributed by atoms with Crippen LogP contribution >= 0.6 is 0 Å². The molecule has 0 aliphatic carbocycles. The Kier molecular flexibility index (Phi) is 5.78. The van der Waals surface area contributed by atoms with Crippen LogP contribution in [0.1, 0.15) is 51.9 Å². The van der Waals surface area contributed by atoms with Crippen LogP contribution in [0.2, 0.25) is 0 Å². The average molecular weight is 254 g/mol. The summed E-state index contributed by atoms with van der Waals surface area (Å²) in [7, 11) is 0. The van der Waals surface area contributed by atoms with Gasteiger partial charge in [0.1, 0.15) is 0 Å². The molecule has 3 unspecified atom stereocenters. The van der Waals surface area contributed by atoms with Crippen molar-refractivity contribution < 1.29 is 5.11 Å². The largest absolute Gasteiger partial charge is 0.393 e. The van der Waals surface area contributed by atoms with Gasteiger partial charge in [-0.1, -0.05) is 0 Å². The molecule has 1 aromatic rings. The van der Waals surface area contributed by atoms with Crippen molar-refractivity contribution in [2.24, 2.45) is 5.73 Å². The monoisotopic (exact) mass is 254 g/mol. The number of hydrogen-bond acceptors (Lipinski definition) is 4. The highest BCUT2D eigenvalue weighted by molar-refractivity contribution is 5.07. The van der Waals surface area contributed by atoms with Gasteiger partial charge in [0.2, 0.25) is 0 Å². The summed E-state index contributed by atoms with van der Waals surface area (Å²) in [6.07, 6.45) is 4.11. The zero-order valence-electron chi connectivity index (χ0n) is 11.8. The molecule has 104 valence electrons. The second kappa shape index (κ2) is 6.87. The molecule has 0 fully saturated rings. The Morgan fingerprint density at radius 3 is 2.56 bits per heavy atom. The third kappa shape index (κ3) is 4.08. The summed E-state index contributed by atoms with van der Waals surface area (Å²) >= 11 is 0. The van der Waals surface area contributed by atoms with Gasteiger partial charge in [0, 0.05) is 24.8 Å². The highest BCUT2D eigenvalue weighted by Gasteiger charge is 2.18. The molecule has 18 heavy (non-hydrogen) atoms. The van der Waals surface area contributed by atoms with Crippen LogP contribution in [-0.4, -0.2) is 33.3 Å². The maximum atomic E-state index is 9.39. The molecule has 0 saturated carbocycles. The Balaban J connectivity index is 2.73. The molecule has 5 heteroatoms. The third-order valence-electron chi connectivity index (χ3n) is 3.03. The first-order valence-electron chi connectivity index (χ1n) is 6.61. The van der Waals surface area contributed by atoms with Crippen molar-refractivity contribution in [3.63, 3.8) is 0 Å². The minimum absolute atomic E-state index is 0.0728. The molecule has 1 rings (SSSR count). The van der Waals surface area contributed by atoms with Crippen LogP contribution in [0, 0.1) is 0 Å². The number of nitrogens with one attached hydrogen (secondary N) is 1. The zero-order valence-corrected chi connectivity index (χ0v) is 11.8. The summed E-state index contributed by atoms with van der Waals surface area (Å²) in [5.74, 6) is 0. The van der Waals surface area contributed by atoms with E-state index in [1.165, 1.54) is 0 Å². The minimum Gasteiger partial charge on any atom is -0.393 e. The van der Waals surface area contributed by atoms with Gasteiger partial charge in [-0.2, -0.15) is 0 Å². The molecule has 0 bridgehead atoms. The first kappa shape index (κ1) is 15.1. The number of aromatic nitrogens is 2. The molecule has 0 aliphatic rings. The number of nitrogens with zero attached hydrogens (tertiary/aromatic N) is 2. The summed E-state index contributed by atoms with van der Waals surface area (Å²) in [6.45, 7) is 8.62. The predicted octanol–water partition coefficient (Wildman–Crippen LogP) is 1.21. The Bertz CT molecular complexity index is 349. The molecule has 5 nitrogen and oxygen atoms in total. The van der Waals surface area contributed by atoms with Crippen molar-refractivity contribution in [1.82, 2.24) is 14.9 Å². The van der Waals surface area contributed by atoms with Crippen molar-refractivity contribution in [3.05, 3.63) is 18.2 Å². The number of aliphatic hydroxyl groups excluding tert-OH is 1. The second-order valence-corrected chi connectivity index (χ2v) is 5.26. The fourth-order valence-corrected chi connectivity index (χ4v) is 2.21. The Hall–Kier alpha value is -0.910. The molecule has 3 atom stereocenters.